The SMILES string of the molecule is CC(=O)NCCC1CCN(C(=O)c2ccco2)CC1. The van der Waals surface area contributed by atoms with Gasteiger partial charge in [0.1, 0.15) is 0 Å². The first kappa shape index (κ1) is 13.6. The zero-order chi connectivity index (χ0) is 13.7. The van der Waals surface area contributed by atoms with Crippen molar-refractivity contribution in [2.45, 2.75) is 26.2 Å². The molecule has 0 saturated carbocycles. The van der Waals surface area contributed by atoms with Crippen LogP contribution >= 0.6 is 0 Å². The Labute approximate surface area is 113 Å². The first-order chi connectivity index (χ1) is 9.16. The van der Waals surface area contributed by atoms with Gasteiger partial charge in [-0.15, -0.1) is 0 Å². The lowest BCUT2D eigenvalue weighted by atomic mass is 9.93. The highest BCUT2D eigenvalue weighted by molar-refractivity contribution is 5.91. The summed E-state index contributed by atoms with van der Waals surface area (Å²) in [6.07, 6.45) is 4.49. The largest absolute Gasteiger partial charge is 0.459 e. The van der Waals surface area contributed by atoms with E-state index in [-0.39, 0.29) is 11.8 Å². The van der Waals surface area contributed by atoms with E-state index in [2.05, 4.69) is 5.32 Å². The molecule has 1 aliphatic rings. The highest BCUT2D eigenvalue weighted by Crippen LogP contribution is 2.21. The summed E-state index contributed by atoms with van der Waals surface area (Å²) < 4.78 is 5.13. The van der Waals surface area contributed by atoms with E-state index in [9.17, 15) is 9.59 Å². The molecule has 1 aromatic heterocycles. The molecule has 1 N–H and O–H groups in total. The lowest BCUT2D eigenvalue weighted by Crippen LogP contribution is -2.39. The minimum absolute atomic E-state index is 0.0189. The molecule has 19 heavy (non-hydrogen) atoms. The predicted molar refractivity (Wildman–Crippen MR) is 70.6 cm³/mol. The molecular weight excluding hydrogens is 244 g/mol. The second-order valence-corrected chi connectivity index (χ2v) is 4.98. The molecule has 0 aliphatic carbocycles. The third-order valence-corrected chi connectivity index (χ3v) is 3.56. The second kappa shape index (κ2) is 6.41. The van der Waals surface area contributed by atoms with E-state index < -0.39 is 0 Å². The van der Waals surface area contributed by atoms with Gasteiger partial charge in [-0.1, -0.05) is 0 Å². The molecule has 5 nitrogen and oxygen atoms in total. The van der Waals surface area contributed by atoms with Crippen LogP contribution in [-0.4, -0.2) is 36.3 Å². The number of piperidine rings is 1. The lowest BCUT2D eigenvalue weighted by molar-refractivity contribution is -0.119. The van der Waals surface area contributed by atoms with E-state index in [1.54, 1.807) is 12.1 Å². The van der Waals surface area contributed by atoms with Crippen LogP contribution in [0, 0.1) is 5.92 Å². The van der Waals surface area contributed by atoms with Gasteiger partial charge in [0.05, 0.1) is 6.26 Å². The molecule has 1 fully saturated rings. The predicted octanol–water partition coefficient (Wildman–Crippen LogP) is 1.66. The first-order valence-electron chi connectivity index (χ1n) is 6.74. The van der Waals surface area contributed by atoms with Crippen LogP contribution in [0.4, 0.5) is 0 Å². The summed E-state index contributed by atoms with van der Waals surface area (Å²) in [4.78, 5) is 24.7. The summed E-state index contributed by atoms with van der Waals surface area (Å²) in [5, 5.41) is 2.81. The topological polar surface area (TPSA) is 62.6 Å². The highest BCUT2D eigenvalue weighted by Gasteiger charge is 2.24. The Morgan fingerprint density at radius 1 is 1.42 bits per heavy atom. The van der Waals surface area contributed by atoms with E-state index in [1.165, 1.54) is 13.2 Å². The molecule has 0 spiro atoms. The van der Waals surface area contributed by atoms with Gasteiger partial charge in [0.25, 0.3) is 5.91 Å². The third-order valence-electron chi connectivity index (χ3n) is 3.56. The minimum atomic E-state index is -0.0229. The number of carbonyl (C=O) groups is 2. The zero-order valence-corrected chi connectivity index (χ0v) is 11.2. The van der Waals surface area contributed by atoms with Crippen molar-refractivity contribution >= 4 is 11.8 Å². The van der Waals surface area contributed by atoms with Gasteiger partial charge < -0.3 is 14.6 Å². The molecule has 0 bridgehead atoms. The molecule has 5 heteroatoms. The van der Waals surface area contributed by atoms with E-state index in [1.807, 2.05) is 4.90 Å². The number of hydrogen-bond acceptors (Lipinski definition) is 3. The van der Waals surface area contributed by atoms with E-state index in [0.29, 0.717) is 11.7 Å². The van der Waals surface area contributed by atoms with Crippen molar-refractivity contribution in [1.29, 1.82) is 0 Å². The summed E-state index contributed by atoms with van der Waals surface area (Å²) in [5.74, 6) is 1.000. The van der Waals surface area contributed by atoms with E-state index in [4.69, 9.17) is 4.42 Å². The number of nitrogens with zero attached hydrogens (tertiary/aromatic N) is 1. The van der Waals surface area contributed by atoms with Gasteiger partial charge in [-0.3, -0.25) is 9.59 Å². The Hall–Kier alpha value is -1.78. The Kier molecular flexibility index (Phi) is 4.60. The van der Waals surface area contributed by atoms with Crippen LogP contribution in [0.15, 0.2) is 22.8 Å². The van der Waals surface area contributed by atoms with Gasteiger partial charge in [-0.25, -0.2) is 0 Å². The van der Waals surface area contributed by atoms with Gasteiger partial charge >= 0.3 is 0 Å². The average molecular weight is 264 g/mol. The van der Waals surface area contributed by atoms with Gasteiger partial charge in [0, 0.05) is 26.6 Å². The fourth-order valence-corrected chi connectivity index (χ4v) is 2.43. The Morgan fingerprint density at radius 2 is 2.16 bits per heavy atom. The summed E-state index contributed by atoms with van der Waals surface area (Å²) in [7, 11) is 0. The average Bonchev–Trinajstić information content (AvgIpc) is 2.92. The number of amides is 2. The third kappa shape index (κ3) is 3.84. The first-order valence-corrected chi connectivity index (χ1v) is 6.74. The Balaban J connectivity index is 1.73. The number of rotatable bonds is 4. The van der Waals surface area contributed by atoms with Crippen LogP contribution in [0.3, 0.4) is 0 Å². The van der Waals surface area contributed by atoms with Crippen molar-refractivity contribution in [2.24, 2.45) is 5.92 Å². The zero-order valence-electron chi connectivity index (χ0n) is 11.2. The maximum Gasteiger partial charge on any atom is 0.289 e. The van der Waals surface area contributed by atoms with Crippen LogP contribution in [0.5, 0.6) is 0 Å². The van der Waals surface area contributed by atoms with Crippen LogP contribution in [0.2, 0.25) is 0 Å². The fraction of sp³-hybridized carbons (Fsp3) is 0.571. The van der Waals surface area contributed by atoms with Crippen LogP contribution in [0.25, 0.3) is 0 Å². The van der Waals surface area contributed by atoms with Crippen molar-refractivity contribution in [3.05, 3.63) is 24.2 Å². The second-order valence-electron chi connectivity index (χ2n) is 4.98. The molecule has 0 radical (unpaired) electrons. The molecule has 0 atom stereocenters. The van der Waals surface area contributed by atoms with Crippen LogP contribution < -0.4 is 5.32 Å². The highest BCUT2D eigenvalue weighted by atomic mass is 16.3. The summed E-state index contributed by atoms with van der Waals surface area (Å²) in [6.45, 7) is 3.80. The van der Waals surface area contributed by atoms with Gasteiger partial charge in [-0.2, -0.15) is 0 Å². The van der Waals surface area contributed by atoms with Gasteiger partial charge in [0.15, 0.2) is 5.76 Å². The minimum Gasteiger partial charge on any atom is -0.459 e. The summed E-state index contributed by atoms with van der Waals surface area (Å²) >= 11 is 0. The van der Waals surface area contributed by atoms with Crippen molar-refractivity contribution in [2.75, 3.05) is 19.6 Å². The number of hydrogen-bond donors (Lipinski definition) is 1. The maximum atomic E-state index is 12.0. The van der Waals surface area contributed by atoms with Crippen LogP contribution in [0.1, 0.15) is 36.7 Å². The molecule has 1 aliphatic heterocycles. The van der Waals surface area contributed by atoms with Gasteiger partial charge in [-0.05, 0) is 37.3 Å². The Bertz CT molecular complexity index is 420. The van der Waals surface area contributed by atoms with Crippen molar-refractivity contribution in [3.63, 3.8) is 0 Å². The standard InChI is InChI=1S/C14H20N2O3/c1-11(17)15-7-4-12-5-8-16(9-6-12)14(18)13-3-2-10-19-13/h2-3,10,12H,4-9H2,1H3,(H,15,17). The quantitative estimate of drug-likeness (QED) is 0.899. The van der Waals surface area contributed by atoms with E-state index in [0.717, 1.165) is 38.9 Å². The molecule has 2 amide bonds. The summed E-state index contributed by atoms with van der Waals surface area (Å²) in [5.41, 5.74) is 0. The van der Waals surface area contributed by atoms with Crippen molar-refractivity contribution in [1.82, 2.24) is 10.2 Å². The number of carbonyl (C=O) groups excluding carboxylic acids is 2. The molecule has 2 heterocycles. The van der Waals surface area contributed by atoms with Crippen molar-refractivity contribution < 1.29 is 14.0 Å². The van der Waals surface area contributed by atoms with Gasteiger partial charge in [0.2, 0.25) is 5.91 Å². The lowest BCUT2D eigenvalue weighted by Gasteiger charge is -2.31. The van der Waals surface area contributed by atoms with Crippen molar-refractivity contribution in [3.8, 4) is 0 Å². The smallest absolute Gasteiger partial charge is 0.289 e. The van der Waals surface area contributed by atoms with Crippen LogP contribution in [-0.2, 0) is 4.79 Å². The normalized spacial score (nSPS) is 16.4. The molecule has 1 saturated heterocycles. The van der Waals surface area contributed by atoms with E-state index >= 15 is 0 Å². The monoisotopic (exact) mass is 264 g/mol. The number of nitrogens with one attached hydrogen (secondary N) is 1. The molecule has 2 rings (SSSR count). The fourth-order valence-electron chi connectivity index (χ4n) is 2.43. The molecular formula is C14H20N2O3. The number of likely N-dealkylation sites (tertiary alicyclic amines) is 1. The summed E-state index contributed by atoms with van der Waals surface area (Å²) in [6, 6.07) is 3.43. The molecule has 0 unspecified atom stereocenters. The molecule has 1 aromatic rings. The maximum absolute atomic E-state index is 12.0. The Morgan fingerprint density at radius 3 is 2.74 bits per heavy atom. The molecule has 104 valence electrons. The number of furan rings is 1. The molecule has 0 aromatic carbocycles.